The van der Waals surface area contributed by atoms with Crippen LogP contribution in [0.5, 0.6) is 17.2 Å². The number of carboxylic acids is 1. The van der Waals surface area contributed by atoms with E-state index in [4.69, 9.17) is 18.7 Å². The Morgan fingerprint density at radius 1 is 0.622 bits per heavy atom. The Morgan fingerprint density at radius 3 is 1.43 bits per heavy atom. The first-order chi connectivity index (χ1) is 17.8. The summed E-state index contributed by atoms with van der Waals surface area (Å²) in [5, 5.41) is 8.63. The fraction of sp³-hybridized carbons (Fsp3) is 0. The van der Waals surface area contributed by atoms with Crippen LogP contribution < -0.4 is 13.6 Å². The normalized spacial score (nSPS) is 11.9. The maximum Gasteiger partial charge on any atom is 0.647 e. The van der Waals surface area contributed by atoms with E-state index in [0.29, 0.717) is 17.2 Å². The van der Waals surface area contributed by atoms with Crippen molar-refractivity contribution >= 4 is 25.7 Å². The lowest BCUT2D eigenvalue weighted by Crippen LogP contribution is -2.07. The summed E-state index contributed by atoms with van der Waals surface area (Å²) in [6, 6.07) is 30.0. The van der Waals surface area contributed by atoms with Crippen LogP contribution in [0.4, 0.5) is 0 Å². The molecule has 0 spiro atoms. The second kappa shape index (κ2) is 11.2. The molecule has 1 N–H and O–H groups in total. The van der Waals surface area contributed by atoms with Gasteiger partial charge in [0.05, 0.1) is 16.7 Å². The highest BCUT2D eigenvalue weighted by Gasteiger charge is 2.33. The van der Waals surface area contributed by atoms with Crippen LogP contribution >= 0.6 is 7.82 Å². The molecule has 0 saturated heterocycles. The van der Waals surface area contributed by atoms with Gasteiger partial charge in [0, 0.05) is 0 Å². The predicted octanol–water partition coefficient (Wildman–Crippen LogP) is 6.03. The molecule has 9 nitrogen and oxygen atoms in total. The number of ether oxygens (including phenoxy) is 1. The third-order valence-corrected chi connectivity index (χ3v) is 6.08. The third kappa shape index (κ3) is 6.62. The molecule has 1 heterocycles. The van der Waals surface area contributed by atoms with E-state index in [1.54, 1.807) is 72.8 Å². The van der Waals surface area contributed by atoms with Crippen molar-refractivity contribution in [2.75, 3.05) is 0 Å². The largest absolute Gasteiger partial charge is 0.647 e. The molecule has 0 aromatic heterocycles. The van der Waals surface area contributed by atoms with E-state index in [1.165, 1.54) is 12.1 Å². The number of carbonyl (C=O) groups is 3. The first-order valence-corrected chi connectivity index (χ1v) is 12.3. The molecule has 0 unspecified atom stereocenters. The van der Waals surface area contributed by atoms with E-state index in [2.05, 4.69) is 4.74 Å². The van der Waals surface area contributed by atoms with Crippen molar-refractivity contribution < 1.29 is 42.4 Å². The fourth-order valence-corrected chi connectivity index (χ4v) is 4.36. The summed E-state index contributed by atoms with van der Waals surface area (Å²) in [6.45, 7) is 0. The number of aromatic carboxylic acids is 1. The zero-order chi connectivity index (χ0) is 26.3. The van der Waals surface area contributed by atoms with Gasteiger partial charge in [-0.05, 0) is 54.6 Å². The zero-order valence-electron chi connectivity index (χ0n) is 19.1. The number of hydrogen-bond donors (Lipinski definition) is 1. The maximum absolute atomic E-state index is 13.1. The SMILES string of the molecule is O=C(O)c1ccc2c(c1)C(=O)OC2=O.O=P(Oc1ccccc1)(Oc1ccccc1)Oc1ccccc1. The monoisotopic (exact) mass is 518 g/mol. The van der Waals surface area contributed by atoms with Crippen LogP contribution in [0, 0.1) is 0 Å². The molecule has 1 aliphatic heterocycles. The molecule has 0 aliphatic carbocycles. The summed E-state index contributed by atoms with van der Waals surface area (Å²) in [5.74, 6) is -1.47. The van der Waals surface area contributed by atoms with Crippen LogP contribution in [-0.4, -0.2) is 23.0 Å². The number of esters is 2. The van der Waals surface area contributed by atoms with Crippen molar-refractivity contribution in [3.05, 3.63) is 126 Å². The highest BCUT2D eigenvalue weighted by molar-refractivity contribution is 7.49. The second-order valence-electron chi connectivity index (χ2n) is 7.40. The van der Waals surface area contributed by atoms with Gasteiger partial charge in [0.1, 0.15) is 17.2 Å². The lowest BCUT2D eigenvalue weighted by molar-refractivity contribution is 0.0443. The van der Waals surface area contributed by atoms with Crippen LogP contribution in [0.25, 0.3) is 0 Å². The van der Waals surface area contributed by atoms with Crippen molar-refractivity contribution in [3.63, 3.8) is 0 Å². The minimum Gasteiger partial charge on any atom is -0.478 e. The molecule has 0 amide bonds. The van der Waals surface area contributed by atoms with Gasteiger partial charge in [-0.3, -0.25) is 0 Å². The van der Waals surface area contributed by atoms with E-state index < -0.39 is 25.7 Å². The van der Waals surface area contributed by atoms with Gasteiger partial charge in [-0.1, -0.05) is 54.6 Å². The van der Waals surface area contributed by atoms with Gasteiger partial charge < -0.3 is 23.4 Å². The lowest BCUT2D eigenvalue weighted by atomic mass is 10.1. The molecule has 0 radical (unpaired) electrons. The summed E-state index contributed by atoms with van der Waals surface area (Å²) in [7, 11) is -3.89. The molecule has 1 aliphatic rings. The van der Waals surface area contributed by atoms with Crippen LogP contribution in [-0.2, 0) is 9.30 Å². The highest BCUT2D eigenvalue weighted by Crippen LogP contribution is 2.49. The Labute approximate surface area is 211 Å². The molecule has 186 valence electrons. The van der Waals surface area contributed by atoms with Gasteiger partial charge in [0.2, 0.25) is 0 Å². The molecule has 5 rings (SSSR count). The quantitative estimate of drug-likeness (QED) is 0.177. The van der Waals surface area contributed by atoms with Crippen LogP contribution in [0.3, 0.4) is 0 Å². The number of carboxylic acid groups (broad SMARTS) is 1. The Bertz CT molecular complexity index is 1350. The average Bonchev–Trinajstić information content (AvgIpc) is 3.18. The first-order valence-electron chi connectivity index (χ1n) is 10.8. The highest BCUT2D eigenvalue weighted by atomic mass is 31.2. The van der Waals surface area contributed by atoms with E-state index >= 15 is 0 Å². The maximum atomic E-state index is 13.1. The van der Waals surface area contributed by atoms with E-state index in [0.717, 1.165) is 6.07 Å². The Hall–Kier alpha value is -4.88. The van der Waals surface area contributed by atoms with Crippen LogP contribution in [0.2, 0.25) is 0 Å². The third-order valence-electron chi connectivity index (χ3n) is 4.77. The standard InChI is InChI=1S/C18H15O4P.C9H4O5/c19-23(20-16-10-4-1-5-11-16,21-17-12-6-2-7-13-17)22-18-14-8-3-9-15-18;10-7(11)4-1-2-5-6(3-4)9(13)14-8(5)12/h1-15H;1-3H,(H,10,11). The van der Waals surface area contributed by atoms with Crippen molar-refractivity contribution in [2.24, 2.45) is 0 Å². The van der Waals surface area contributed by atoms with E-state index in [1.807, 2.05) is 18.2 Å². The smallest absolute Gasteiger partial charge is 0.478 e. The Balaban J connectivity index is 0.000000195. The molecule has 0 bridgehead atoms. The lowest BCUT2D eigenvalue weighted by Gasteiger charge is -2.19. The topological polar surface area (TPSA) is 125 Å². The molecular weight excluding hydrogens is 499 g/mol. The van der Waals surface area contributed by atoms with Gasteiger partial charge in [-0.25, -0.2) is 14.4 Å². The first kappa shape index (κ1) is 25.2. The summed E-state index contributed by atoms with van der Waals surface area (Å²) in [6.07, 6.45) is 0. The van der Waals surface area contributed by atoms with Crippen molar-refractivity contribution in [1.82, 2.24) is 0 Å². The summed E-state index contributed by atoms with van der Waals surface area (Å²) < 4.78 is 33.9. The minimum atomic E-state index is -3.89. The van der Waals surface area contributed by atoms with Crippen molar-refractivity contribution in [2.45, 2.75) is 0 Å². The van der Waals surface area contributed by atoms with Crippen molar-refractivity contribution in [3.8, 4) is 17.2 Å². The number of fused-ring (bicyclic) bond motifs is 1. The Kier molecular flexibility index (Phi) is 7.66. The number of cyclic esters (lactones) is 2. The molecular formula is C27H19O9P. The van der Waals surface area contributed by atoms with Gasteiger partial charge in [0.15, 0.2) is 0 Å². The Morgan fingerprint density at radius 2 is 1.03 bits per heavy atom. The number of phosphoric acid groups is 1. The molecule has 0 atom stereocenters. The molecule has 10 heteroatoms. The molecule has 4 aromatic carbocycles. The number of carbonyl (C=O) groups excluding carboxylic acids is 2. The van der Waals surface area contributed by atoms with Gasteiger partial charge >= 0.3 is 25.7 Å². The van der Waals surface area contributed by atoms with E-state index in [9.17, 15) is 18.9 Å². The zero-order valence-corrected chi connectivity index (χ0v) is 19.9. The number of hydrogen-bond acceptors (Lipinski definition) is 8. The summed E-state index contributed by atoms with van der Waals surface area (Å²) in [5.41, 5.74) is 0.0744. The van der Waals surface area contributed by atoms with Gasteiger partial charge in [-0.2, -0.15) is 4.57 Å². The molecule has 0 fully saturated rings. The van der Waals surface area contributed by atoms with Gasteiger partial charge in [-0.15, -0.1) is 0 Å². The number of benzene rings is 4. The molecule has 0 saturated carbocycles. The fourth-order valence-electron chi connectivity index (χ4n) is 3.11. The minimum absolute atomic E-state index is 0.00917. The number of phosphoric ester groups is 1. The molecule has 4 aromatic rings. The summed E-state index contributed by atoms with van der Waals surface area (Å²) >= 11 is 0. The van der Waals surface area contributed by atoms with Crippen molar-refractivity contribution in [1.29, 1.82) is 0 Å². The second-order valence-corrected chi connectivity index (χ2v) is 8.84. The summed E-state index contributed by atoms with van der Waals surface area (Å²) in [4.78, 5) is 32.5. The predicted molar refractivity (Wildman–Crippen MR) is 132 cm³/mol. The van der Waals surface area contributed by atoms with Crippen LogP contribution in [0.1, 0.15) is 31.1 Å². The number of para-hydroxylation sites is 3. The average molecular weight is 518 g/mol. The van der Waals surface area contributed by atoms with E-state index in [-0.39, 0.29) is 16.7 Å². The van der Waals surface area contributed by atoms with Gasteiger partial charge in [0.25, 0.3) is 0 Å². The van der Waals surface area contributed by atoms with Crippen LogP contribution in [0.15, 0.2) is 109 Å². The molecule has 37 heavy (non-hydrogen) atoms. The number of rotatable bonds is 7.